The largest absolute Gasteiger partial charge is 0.337 e. The van der Waals surface area contributed by atoms with Gasteiger partial charge in [0.15, 0.2) is 5.16 Å². The summed E-state index contributed by atoms with van der Waals surface area (Å²) in [5.74, 6) is 0.510. The number of aromatic nitrogens is 3. The lowest BCUT2D eigenvalue weighted by atomic mass is 10.00. The number of para-hydroxylation sites is 1. The summed E-state index contributed by atoms with van der Waals surface area (Å²) < 4.78 is 1.91. The van der Waals surface area contributed by atoms with Crippen molar-refractivity contribution in [1.29, 1.82) is 0 Å². The van der Waals surface area contributed by atoms with Gasteiger partial charge in [0.05, 0.1) is 5.75 Å². The van der Waals surface area contributed by atoms with Crippen molar-refractivity contribution in [3.05, 3.63) is 72.1 Å². The fourth-order valence-electron chi connectivity index (χ4n) is 3.01. The van der Waals surface area contributed by atoms with Gasteiger partial charge in [-0.05, 0) is 29.7 Å². The normalized spacial score (nSPS) is 13.5. The maximum absolute atomic E-state index is 12.6. The molecule has 0 spiro atoms. The second kappa shape index (κ2) is 7.11. The predicted molar refractivity (Wildman–Crippen MR) is 97.6 cm³/mol. The Morgan fingerprint density at radius 2 is 1.80 bits per heavy atom. The SMILES string of the molecule is O=C(CSc1nncn1-c1ccccc1)N1CCc2ccccc2C1. The molecule has 0 radical (unpaired) electrons. The molecular formula is C19H18N4OS. The fraction of sp³-hybridized carbons (Fsp3) is 0.211. The lowest BCUT2D eigenvalue weighted by Gasteiger charge is -2.28. The molecule has 0 bridgehead atoms. The van der Waals surface area contributed by atoms with Gasteiger partial charge >= 0.3 is 0 Å². The van der Waals surface area contributed by atoms with Gasteiger partial charge in [-0.3, -0.25) is 9.36 Å². The topological polar surface area (TPSA) is 51.0 Å². The number of fused-ring (bicyclic) bond motifs is 1. The van der Waals surface area contributed by atoms with Crippen molar-refractivity contribution in [1.82, 2.24) is 19.7 Å². The van der Waals surface area contributed by atoms with Crippen LogP contribution in [0.2, 0.25) is 0 Å². The van der Waals surface area contributed by atoms with Gasteiger partial charge in [-0.25, -0.2) is 0 Å². The van der Waals surface area contributed by atoms with Crippen LogP contribution in [0.15, 0.2) is 66.1 Å². The van der Waals surface area contributed by atoms with E-state index in [2.05, 4.69) is 28.4 Å². The van der Waals surface area contributed by atoms with Gasteiger partial charge in [0.2, 0.25) is 5.91 Å². The Morgan fingerprint density at radius 1 is 1.04 bits per heavy atom. The van der Waals surface area contributed by atoms with Crippen LogP contribution in [0.3, 0.4) is 0 Å². The lowest BCUT2D eigenvalue weighted by Crippen LogP contribution is -2.37. The highest BCUT2D eigenvalue weighted by molar-refractivity contribution is 7.99. The fourth-order valence-corrected chi connectivity index (χ4v) is 3.85. The van der Waals surface area contributed by atoms with Crippen LogP contribution in [-0.2, 0) is 17.8 Å². The number of hydrogen-bond acceptors (Lipinski definition) is 4. The van der Waals surface area contributed by atoms with Crippen LogP contribution in [-0.4, -0.2) is 37.9 Å². The van der Waals surface area contributed by atoms with E-state index in [0.29, 0.717) is 12.3 Å². The van der Waals surface area contributed by atoms with Crippen molar-refractivity contribution >= 4 is 17.7 Å². The summed E-state index contributed by atoms with van der Waals surface area (Å²) >= 11 is 1.43. The maximum Gasteiger partial charge on any atom is 0.233 e. The molecule has 0 saturated heterocycles. The maximum atomic E-state index is 12.6. The molecule has 0 unspecified atom stereocenters. The van der Waals surface area contributed by atoms with Crippen LogP contribution in [0.1, 0.15) is 11.1 Å². The number of nitrogens with zero attached hydrogens (tertiary/aromatic N) is 4. The first-order chi connectivity index (χ1) is 12.3. The molecule has 6 heteroatoms. The van der Waals surface area contributed by atoms with Gasteiger partial charge in [-0.2, -0.15) is 0 Å². The van der Waals surface area contributed by atoms with Crippen molar-refractivity contribution in [2.75, 3.05) is 12.3 Å². The van der Waals surface area contributed by atoms with E-state index in [1.165, 1.54) is 22.9 Å². The average molecular weight is 350 g/mol. The first-order valence-corrected chi connectivity index (χ1v) is 9.22. The van der Waals surface area contributed by atoms with Crippen LogP contribution in [0, 0.1) is 0 Å². The van der Waals surface area contributed by atoms with Crippen molar-refractivity contribution in [3.8, 4) is 5.69 Å². The number of rotatable bonds is 4. The zero-order chi connectivity index (χ0) is 17.1. The molecule has 3 aromatic rings. The summed E-state index contributed by atoms with van der Waals surface area (Å²) in [6, 6.07) is 18.3. The first kappa shape index (κ1) is 15.9. The number of thioether (sulfide) groups is 1. The molecule has 0 saturated carbocycles. The van der Waals surface area contributed by atoms with Crippen molar-refractivity contribution < 1.29 is 4.79 Å². The molecule has 2 aromatic carbocycles. The number of benzene rings is 2. The Morgan fingerprint density at radius 3 is 2.64 bits per heavy atom. The standard InChI is InChI=1S/C19H18N4OS/c24-18(22-11-10-15-6-4-5-7-16(15)12-22)13-25-19-21-20-14-23(19)17-8-2-1-3-9-17/h1-9,14H,10-13H2. The van der Waals surface area contributed by atoms with Crippen LogP contribution >= 0.6 is 11.8 Å². The minimum atomic E-state index is 0.141. The minimum absolute atomic E-state index is 0.141. The third-order valence-electron chi connectivity index (χ3n) is 4.36. The first-order valence-electron chi connectivity index (χ1n) is 8.24. The number of amides is 1. The van der Waals surface area contributed by atoms with Gasteiger partial charge in [-0.15, -0.1) is 10.2 Å². The summed E-state index contributed by atoms with van der Waals surface area (Å²) in [6.45, 7) is 1.47. The van der Waals surface area contributed by atoms with Gasteiger partial charge in [0.25, 0.3) is 0 Å². The molecule has 1 aliphatic heterocycles. The highest BCUT2D eigenvalue weighted by atomic mass is 32.2. The van der Waals surface area contributed by atoms with Crippen molar-refractivity contribution in [2.45, 2.75) is 18.1 Å². The second-order valence-electron chi connectivity index (χ2n) is 5.94. The van der Waals surface area contributed by atoms with Gasteiger partial charge < -0.3 is 4.90 Å². The third-order valence-corrected chi connectivity index (χ3v) is 5.29. The van der Waals surface area contributed by atoms with E-state index < -0.39 is 0 Å². The molecule has 0 aliphatic carbocycles. The quantitative estimate of drug-likeness (QED) is 0.679. The Kier molecular flexibility index (Phi) is 4.52. The summed E-state index contributed by atoms with van der Waals surface area (Å²) in [5.41, 5.74) is 3.59. The van der Waals surface area contributed by atoms with Crippen LogP contribution in [0.4, 0.5) is 0 Å². The molecule has 0 fully saturated rings. The molecular weight excluding hydrogens is 332 g/mol. The van der Waals surface area contributed by atoms with E-state index in [1.807, 2.05) is 45.9 Å². The van der Waals surface area contributed by atoms with Gasteiger partial charge in [-0.1, -0.05) is 54.2 Å². The van der Waals surface area contributed by atoms with E-state index in [4.69, 9.17) is 0 Å². The molecule has 1 aliphatic rings. The van der Waals surface area contributed by atoms with E-state index in [1.54, 1.807) is 6.33 Å². The minimum Gasteiger partial charge on any atom is -0.337 e. The number of hydrogen-bond donors (Lipinski definition) is 0. The molecule has 2 heterocycles. The lowest BCUT2D eigenvalue weighted by molar-refractivity contribution is -0.129. The molecule has 25 heavy (non-hydrogen) atoms. The molecule has 0 atom stereocenters. The van der Waals surface area contributed by atoms with Crippen LogP contribution in [0.5, 0.6) is 0 Å². The second-order valence-corrected chi connectivity index (χ2v) is 6.88. The summed E-state index contributed by atoms with van der Waals surface area (Å²) in [6.07, 6.45) is 2.60. The highest BCUT2D eigenvalue weighted by Crippen LogP contribution is 2.22. The molecule has 126 valence electrons. The molecule has 1 aromatic heterocycles. The van der Waals surface area contributed by atoms with E-state index in [0.717, 1.165) is 23.8 Å². The van der Waals surface area contributed by atoms with E-state index in [9.17, 15) is 4.79 Å². The zero-order valence-electron chi connectivity index (χ0n) is 13.7. The summed E-state index contributed by atoms with van der Waals surface area (Å²) in [5, 5.41) is 8.87. The van der Waals surface area contributed by atoms with Gasteiger partial charge in [0, 0.05) is 18.8 Å². The monoisotopic (exact) mass is 350 g/mol. The Hall–Kier alpha value is -2.60. The van der Waals surface area contributed by atoms with Crippen LogP contribution in [0.25, 0.3) is 5.69 Å². The molecule has 5 nitrogen and oxygen atoms in total. The van der Waals surface area contributed by atoms with E-state index in [-0.39, 0.29) is 5.91 Å². The smallest absolute Gasteiger partial charge is 0.233 e. The third kappa shape index (κ3) is 3.44. The highest BCUT2D eigenvalue weighted by Gasteiger charge is 2.21. The van der Waals surface area contributed by atoms with E-state index >= 15 is 0 Å². The van der Waals surface area contributed by atoms with Gasteiger partial charge in [0.1, 0.15) is 6.33 Å². The summed E-state index contributed by atoms with van der Waals surface area (Å²) in [4.78, 5) is 14.5. The number of carbonyl (C=O) groups excluding carboxylic acids is 1. The zero-order valence-corrected chi connectivity index (χ0v) is 14.5. The molecule has 1 amide bonds. The van der Waals surface area contributed by atoms with Crippen molar-refractivity contribution in [3.63, 3.8) is 0 Å². The Labute approximate surface area is 150 Å². The average Bonchev–Trinajstić information content (AvgIpc) is 3.15. The van der Waals surface area contributed by atoms with Crippen LogP contribution < -0.4 is 0 Å². The Balaban J connectivity index is 1.41. The predicted octanol–water partition coefficient (Wildman–Crippen LogP) is 2.94. The molecule has 0 N–H and O–H groups in total. The summed E-state index contributed by atoms with van der Waals surface area (Å²) in [7, 11) is 0. The Bertz CT molecular complexity index is 878. The van der Waals surface area contributed by atoms with Crippen molar-refractivity contribution in [2.24, 2.45) is 0 Å². The number of carbonyl (C=O) groups is 1. The molecule has 4 rings (SSSR count).